The third-order valence-electron chi connectivity index (χ3n) is 5.13. The van der Waals surface area contributed by atoms with Crippen LogP contribution in [0.5, 0.6) is 5.75 Å². The molecule has 1 aromatic heterocycles. The summed E-state index contributed by atoms with van der Waals surface area (Å²) in [5.41, 5.74) is 4.45. The Labute approximate surface area is 151 Å². The number of carbonyl (C=O) groups is 1. The number of para-hydroxylation sites is 1. The van der Waals surface area contributed by atoms with E-state index in [1.807, 2.05) is 6.07 Å². The van der Waals surface area contributed by atoms with Crippen LogP contribution in [-0.2, 0) is 12.8 Å². The van der Waals surface area contributed by atoms with Crippen LogP contribution in [0.4, 0.5) is 10.1 Å². The van der Waals surface area contributed by atoms with Crippen molar-refractivity contribution in [3.63, 3.8) is 0 Å². The van der Waals surface area contributed by atoms with E-state index >= 15 is 0 Å². The smallest absolute Gasteiger partial charge is 0.257 e. The molecule has 3 aromatic rings. The Hall–Kier alpha value is -2.82. The van der Waals surface area contributed by atoms with Crippen molar-refractivity contribution in [3.05, 3.63) is 59.0 Å². The summed E-state index contributed by atoms with van der Waals surface area (Å²) in [6.45, 7) is 2.26. The average molecular weight is 352 g/mol. The molecule has 1 atom stereocenters. The molecule has 1 aliphatic rings. The van der Waals surface area contributed by atoms with Gasteiger partial charge in [-0.3, -0.25) is 4.79 Å². The maximum absolute atomic E-state index is 13.4. The molecule has 4 rings (SSSR count). The number of aryl methyl sites for hydroxylation is 1. The highest BCUT2D eigenvalue weighted by molar-refractivity contribution is 6.13. The molecule has 0 saturated carbocycles. The molecule has 2 aromatic carbocycles. The molecule has 1 unspecified atom stereocenters. The van der Waals surface area contributed by atoms with Crippen LogP contribution in [0.2, 0.25) is 0 Å². The van der Waals surface area contributed by atoms with Crippen LogP contribution in [0, 0.1) is 11.7 Å². The maximum Gasteiger partial charge on any atom is 0.257 e. The number of fused-ring (bicyclic) bond motifs is 3. The Morgan fingerprint density at radius 1 is 1.31 bits per heavy atom. The van der Waals surface area contributed by atoms with E-state index in [2.05, 4.69) is 23.3 Å². The lowest BCUT2D eigenvalue weighted by molar-refractivity contribution is 0.102. The number of hydrogen-bond donors (Lipinski definition) is 2. The third kappa shape index (κ3) is 2.83. The number of H-pyrrole nitrogens is 1. The van der Waals surface area contributed by atoms with E-state index in [4.69, 9.17) is 4.74 Å². The summed E-state index contributed by atoms with van der Waals surface area (Å²) in [6.07, 6.45) is 3.21. The topological polar surface area (TPSA) is 54.1 Å². The Morgan fingerprint density at radius 2 is 2.15 bits per heavy atom. The van der Waals surface area contributed by atoms with Crippen molar-refractivity contribution < 1.29 is 13.9 Å². The summed E-state index contributed by atoms with van der Waals surface area (Å²) >= 11 is 0. The molecular weight excluding hydrogens is 331 g/mol. The molecule has 0 radical (unpaired) electrons. The molecule has 0 saturated heterocycles. The second-order valence-electron chi connectivity index (χ2n) is 6.96. The van der Waals surface area contributed by atoms with Gasteiger partial charge in [-0.25, -0.2) is 4.39 Å². The van der Waals surface area contributed by atoms with Gasteiger partial charge in [0.25, 0.3) is 5.91 Å². The number of hydrogen-bond acceptors (Lipinski definition) is 2. The van der Waals surface area contributed by atoms with E-state index in [9.17, 15) is 9.18 Å². The number of anilines is 1. The molecule has 0 fully saturated rings. The second kappa shape index (κ2) is 6.48. The molecule has 1 amide bonds. The zero-order valence-corrected chi connectivity index (χ0v) is 14.9. The lowest BCUT2D eigenvalue weighted by Gasteiger charge is -2.17. The van der Waals surface area contributed by atoms with Crippen molar-refractivity contribution in [1.29, 1.82) is 0 Å². The number of carbonyl (C=O) groups excluding carboxylic acids is 1. The van der Waals surface area contributed by atoms with Crippen LogP contribution in [-0.4, -0.2) is 18.0 Å². The zero-order chi connectivity index (χ0) is 18.3. The summed E-state index contributed by atoms with van der Waals surface area (Å²) in [5, 5.41) is 3.95. The van der Waals surface area contributed by atoms with E-state index < -0.39 is 5.82 Å². The van der Waals surface area contributed by atoms with Gasteiger partial charge in [-0.05, 0) is 48.9 Å². The third-order valence-corrected chi connectivity index (χ3v) is 5.13. The van der Waals surface area contributed by atoms with Crippen molar-refractivity contribution in [2.75, 3.05) is 12.4 Å². The number of aromatic amines is 1. The lowest BCUT2D eigenvalue weighted by Crippen LogP contribution is -2.13. The fraction of sp³-hybridized carbons (Fsp3) is 0.286. The first-order valence-electron chi connectivity index (χ1n) is 8.84. The summed E-state index contributed by atoms with van der Waals surface area (Å²) < 4.78 is 18.5. The average Bonchev–Trinajstić information content (AvgIpc) is 3.01. The molecule has 1 heterocycles. The fourth-order valence-electron chi connectivity index (χ4n) is 3.76. The van der Waals surface area contributed by atoms with Crippen molar-refractivity contribution in [1.82, 2.24) is 4.98 Å². The van der Waals surface area contributed by atoms with Gasteiger partial charge in [0.15, 0.2) is 0 Å². The lowest BCUT2D eigenvalue weighted by atomic mass is 9.87. The van der Waals surface area contributed by atoms with Gasteiger partial charge in [0.1, 0.15) is 11.6 Å². The Morgan fingerprint density at radius 3 is 2.96 bits per heavy atom. The minimum atomic E-state index is -0.409. The largest absolute Gasteiger partial charge is 0.494 e. The molecular formula is C21H21FN2O2. The molecule has 26 heavy (non-hydrogen) atoms. The maximum atomic E-state index is 13.4. The zero-order valence-electron chi connectivity index (χ0n) is 14.9. The van der Waals surface area contributed by atoms with E-state index in [0.29, 0.717) is 22.9 Å². The van der Waals surface area contributed by atoms with Gasteiger partial charge in [-0.2, -0.15) is 0 Å². The molecule has 134 valence electrons. The van der Waals surface area contributed by atoms with Crippen molar-refractivity contribution in [3.8, 4) is 5.75 Å². The fourth-order valence-corrected chi connectivity index (χ4v) is 3.76. The normalized spacial score (nSPS) is 16.3. The molecule has 1 aliphatic carbocycles. The highest BCUT2D eigenvalue weighted by Crippen LogP contribution is 2.33. The van der Waals surface area contributed by atoms with Gasteiger partial charge in [0.2, 0.25) is 0 Å². The summed E-state index contributed by atoms with van der Waals surface area (Å²) in [7, 11) is 1.45. The van der Waals surface area contributed by atoms with Gasteiger partial charge in [-0.1, -0.05) is 19.1 Å². The number of benzene rings is 2. The van der Waals surface area contributed by atoms with E-state index in [1.165, 1.54) is 36.6 Å². The van der Waals surface area contributed by atoms with Gasteiger partial charge < -0.3 is 15.0 Å². The standard InChI is InChI=1S/C21H21FN2O2/c1-12-6-8-17-16(10-12)14-4-3-5-15(20(14)23-17)21(25)24-18-9-7-13(22)11-19(18)26-2/h3-5,7,9,11-12,23H,6,8,10H2,1-2H3,(H,24,25). The van der Waals surface area contributed by atoms with Crippen molar-refractivity contribution >= 4 is 22.5 Å². The Kier molecular flexibility index (Phi) is 4.15. The first-order chi connectivity index (χ1) is 12.6. The highest BCUT2D eigenvalue weighted by atomic mass is 19.1. The highest BCUT2D eigenvalue weighted by Gasteiger charge is 2.22. The quantitative estimate of drug-likeness (QED) is 0.718. The number of amides is 1. The molecule has 2 N–H and O–H groups in total. The van der Waals surface area contributed by atoms with Crippen LogP contribution >= 0.6 is 0 Å². The number of methoxy groups -OCH3 is 1. The number of nitrogens with one attached hydrogen (secondary N) is 2. The molecule has 0 aliphatic heterocycles. The number of rotatable bonds is 3. The number of aromatic nitrogens is 1. The van der Waals surface area contributed by atoms with Gasteiger partial charge >= 0.3 is 0 Å². The minimum absolute atomic E-state index is 0.243. The Bertz CT molecular complexity index is 993. The predicted molar refractivity (Wildman–Crippen MR) is 100 cm³/mol. The summed E-state index contributed by atoms with van der Waals surface area (Å²) in [4.78, 5) is 16.3. The van der Waals surface area contributed by atoms with Crippen molar-refractivity contribution in [2.24, 2.45) is 5.92 Å². The molecule has 0 spiro atoms. The van der Waals surface area contributed by atoms with E-state index in [1.54, 1.807) is 6.07 Å². The number of halogens is 1. The van der Waals surface area contributed by atoms with Gasteiger partial charge in [-0.15, -0.1) is 0 Å². The predicted octanol–water partition coefficient (Wildman–Crippen LogP) is 4.69. The van der Waals surface area contributed by atoms with Crippen LogP contribution < -0.4 is 10.1 Å². The SMILES string of the molecule is COc1cc(F)ccc1NC(=O)c1cccc2c3c([nH]c12)CCC(C)C3. The molecule has 0 bridgehead atoms. The first-order valence-corrected chi connectivity index (χ1v) is 8.84. The summed E-state index contributed by atoms with van der Waals surface area (Å²) in [5.74, 6) is 0.299. The summed E-state index contributed by atoms with van der Waals surface area (Å²) in [6, 6.07) is 9.84. The van der Waals surface area contributed by atoms with Crippen LogP contribution in [0.25, 0.3) is 10.9 Å². The van der Waals surface area contributed by atoms with Crippen LogP contribution in [0.15, 0.2) is 36.4 Å². The van der Waals surface area contributed by atoms with E-state index in [-0.39, 0.29) is 5.91 Å². The monoisotopic (exact) mass is 352 g/mol. The first kappa shape index (κ1) is 16.6. The van der Waals surface area contributed by atoms with Crippen LogP contribution in [0.3, 0.4) is 0 Å². The van der Waals surface area contributed by atoms with Crippen LogP contribution in [0.1, 0.15) is 35.0 Å². The van der Waals surface area contributed by atoms with E-state index in [0.717, 1.165) is 30.2 Å². The molecule has 4 nitrogen and oxygen atoms in total. The van der Waals surface area contributed by atoms with Gasteiger partial charge in [0, 0.05) is 17.1 Å². The second-order valence-corrected chi connectivity index (χ2v) is 6.96. The van der Waals surface area contributed by atoms with Crippen molar-refractivity contribution in [2.45, 2.75) is 26.2 Å². The van der Waals surface area contributed by atoms with Gasteiger partial charge in [0.05, 0.1) is 23.9 Å². The minimum Gasteiger partial charge on any atom is -0.494 e. The Balaban J connectivity index is 1.72. The molecule has 5 heteroatoms. The number of ether oxygens (including phenoxy) is 1.